The number of aryl methyl sites for hydroxylation is 2. The maximum absolute atomic E-state index is 11.7. The molecule has 3 N–H and O–H groups in total. The van der Waals surface area contributed by atoms with Crippen molar-refractivity contribution in [3.63, 3.8) is 0 Å². The molecule has 0 radical (unpaired) electrons. The van der Waals surface area contributed by atoms with Crippen molar-refractivity contribution >= 4 is 30.7 Å². The molecule has 0 bridgehead atoms. The van der Waals surface area contributed by atoms with Gasteiger partial charge in [0.2, 0.25) is 5.91 Å². The Morgan fingerprint density at radius 3 is 2.63 bits per heavy atom. The van der Waals surface area contributed by atoms with E-state index in [4.69, 9.17) is 5.73 Å². The molecule has 0 aliphatic heterocycles. The summed E-state index contributed by atoms with van der Waals surface area (Å²) in [5, 5.41) is 7.11. The first-order valence-corrected chi connectivity index (χ1v) is 6.09. The van der Waals surface area contributed by atoms with Gasteiger partial charge in [-0.25, -0.2) is 0 Å². The number of hydrogen-bond acceptors (Lipinski definition) is 3. The largest absolute Gasteiger partial charge is 0.353 e. The number of hydrogen-bond donors (Lipinski definition) is 2. The van der Waals surface area contributed by atoms with E-state index in [1.54, 1.807) is 4.68 Å². The normalized spacial score (nSPS) is 15.1. The molecule has 2 rings (SSSR count). The minimum atomic E-state index is -0.0210. The molecule has 1 unspecified atom stereocenters. The summed E-state index contributed by atoms with van der Waals surface area (Å²) in [4.78, 5) is 11.7. The maximum atomic E-state index is 11.7. The fourth-order valence-electron chi connectivity index (χ4n) is 1.95. The van der Waals surface area contributed by atoms with Crippen molar-refractivity contribution in [3.8, 4) is 0 Å². The monoisotopic (exact) mass is 308 g/mol. The molecule has 7 heteroatoms. The molecule has 0 saturated heterocycles. The van der Waals surface area contributed by atoms with E-state index in [1.165, 1.54) is 12.8 Å². The third-order valence-electron chi connectivity index (χ3n) is 3.16. The number of nitrogens with zero attached hydrogens (tertiary/aromatic N) is 2. The van der Waals surface area contributed by atoms with Crippen molar-refractivity contribution in [2.75, 3.05) is 6.54 Å². The molecule has 1 aliphatic rings. The average molecular weight is 309 g/mol. The Hall–Kier alpha value is -0.780. The molecule has 1 amide bonds. The van der Waals surface area contributed by atoms with Crippen molar-refractivity contribution in [1.82, 2.24) is 15.1 Å². The average Bonchev–Trinajstić information content (AvgIpc) is 3.04. The number of rotatable bonds is 5. The molecule has 1 fully saturated rings. The predicted octanol–water partition coefficient (Wildman–Crippen LogP) is 1.20. The molecule has 1 heterocycles. The fraction of sp³-hybridized carbons (Fsp3) is 0.667. The number of halogens is 2. The van der Waals surface area contributed by atoms with Gasteiger partial charge in [-0.05, 0) is 38.7 Å². The zero-order valence-electron chi connectivity index (χ0n) is 11.3. The van der Waals surface area contributed by atoms with Crippen molar-refractivity contribution in [2.24, 2.45) is 11.7 Å². The topological polar surface area (TPSA) is 72.9 Å². The highest BCUT2D eigenvalue weighted by molar-refractivity contribution is 5.85. The molecule has 1 aromatic heterocycles. The first-order valence-electron chi connectivity index (χ1n) is 6.09. The van der Waals surface area contributed by atoms with E-state index < -0.39 is 0 Å². The summed E-state index contributed by atoms with van der Waals surface area (Å²) in [5.74, 6) is 0.594. The van der Waals surface area contributed by atoms with E-state index in [0.717, 1.165) is 11.4 Å². The third-order valence-corrected chi connectivity index (χ3v) is 3.16. The smallest absolute Gasteiger partial charge is 0.241 e. The van der Waals surface area contributed by atoms with Gasteiger partial charge in [-0.1, -0.05) is 0 Å². The Bertz CT molecular complexity index is 418. The quantitative estimate of drug-likeness (QED) is 0.858. The summed E-state index contributed by atoms with van der Waals surface area (Å²) >= 11 is 0. The van der Waals surface area contributed by atoms with Crippen LogP contribution in [0.5, 0.6) is 0 Å². The van der Waals surface area contributed by atoms with E-state index in [-0.39, 0.29) is 43.3 Å². The maximum Gasteiger partial charge on any atom is 0.241 e. The molecule has 5 nitrogen and oxygen atoms in total. The summed E-state index contributed by atoms with van der Waals surface area (Å²) in [6.45, 7) is 4.72. The Labute approximate surface area is 126 Å². The van der Waals surface area contributed by atoms with Gasteiger partial charge in [-0.2, -0.15) is 5.10 Å². The van der Waals surface area contributed by atoms with Crippen molar-refractivity contribution in [2.45, 2.75) is 39.3 Å². The van der Waals surface area contributed by atoms with Crippen LogP contribution in [0.25, 0.3) is 0 Å². The second kappa shape index (κ2) is 7.72. The number of carbonyl (C=O) groups excluding carboxylic acids is 1. The first kappa shape index (κ1) is 18.2. The molecule has 19 heavy (non-hydrogen) atoms. The van der Waals surface area contributed by atoms with Gasteiger partial charge in [0.25, 0.3) is 0 Å². The molecule has 0 aromatic carbocycles. The van der Waals surface area contributed by atoms with Gasteiger partial charge in [0, 0.05) is 18.3 Å². The molecule has 0 spiro atoms. The predicted molar refractivity (Wildman–Crippen MR) is 79.9 cm³/mol. The standard InChI is InChI=1S/C12H20N4O.2ClH/c1-8-5-9(2)16(15-8)7-12(17)14-6-11(13)10-3-4-10;;/h5,10-11H,3-4,6-7,13H2,1-2H3,(H,14,17);2*1H. The van der Waals surface area contributed by atoms with Crippen LogP contribution >= 0.6 is 24.8 Å². The lowest BCUT2D eigenvalue weighted by molar-refractivity contribution is -0.121. The highest BCUT2D eigenvalue weighted by Gasteiger charge is 2.28. The van der Waals surface area contributed by atoms with Crippen LogP contribution in [0.4, 0.5) is 0 Å². The van der Waals surface area contributed by atoms with Crippen molar-refractivity contribution in [1.29, 1.82) is 0 Å². The van der Waals surface area contributed by atoms with Gasteiger partial charge in [0.1, 0.15) is 6.54 Å². The van der Waals surface area contributed by atoms with Crippen LogP contribution in [0.3, 0.4) is 0 Å². The summed E-state index contributed by atoms with van der Waals surface area (Å²) in [5.41, 5.74) is 7.86. The summed E-state index contributed by atoms with van der Waals surface area (Å²) in [6.07, 6.45) is 2.41. The number of aromatic nitrogens is 2. The Morgan fingerprint density at radius 1 is 1.53 bits per heavy atom. The third kappa shape index (κ3) is 5.38. The van der Waals surface area contributed by atoms with E-state index in [2.05, 4.69) is 10.4 Å². The van der Waals surface area contributed by atoms with Crippen LogP contribution in [-0.2, 0) is 11.3 Å². The summed E-state index contributed by atoms with van der Waals surface area (Å²) in [7, 11) is 0. The second-order valence-corrected chi connectivity index (χ2v) is 4.89. The Kier molecular flexibility index (Phi) is 7.41. The van der Waals surface area contributed by atoms with Crippen LogP contribution < -0.4 is 11.1 Å². The minimum absolute atomic E-state index is 0. The fourth-order valence-corrected chi connectivity index (χ4v) is 1.95. The second-order valence-electron chi connectivity index (χ2n) is 4.89. The summed E-state index contributed by atoms with van der Waals surface area (Å²) in [6, 6.07) is 2.07. The van der Waals surface area contributed by atoms with Crippen LogP contribution in [0.2, 0.25) is 0 Å². The van der Waals surface area contributed by atoms with Gasteiger partial charge in [0.15, 0.2) is 0 Å². The lowest BCUT2D eigenvalue weighted by Crippen LogP contribution is -2.40. The molecule has 1 aromatic rings. The van der Waals surface area contributed by atoms with Crippen LogP contribution in [0, 0.1) is 19.8 Å². The zero-order valence-corrected chi connectivity index (χ0v) is 12.9. The molecule has 1 atom stereocenters. The van der Waals surface area contributed by atoms with Crippen LogP contribution in [0.1, 0.15) is 24.2 Å². The van der Waals surface area contributed by atoms with Gasteiger partial charge < -0.3 is 11.1 Å². The Morgan fingerprint density at radius 2 is 2.16 bits per heavy atom. The van der Waals surface area contributed by atoms with E-state index in [9.17, 15) is 4.79 Å². The first-order chi connectivity index (χ1) is 8.06. The van der Waals surface area contributed by atoms with Gasteiger partial charge in [-0.3, -0.25) is 9.48 Å². The van der Waals surface area contributed by atoms with Gasteiger partial charge >= 0.3 is 0 Å². The van der Waals surface area contributed by atoms with Crippen LogP contribution in [0.15, 0.2) is 6.07 Å². The zero-order chi connectivity index (χ0) is 12.4. The number of amides is 1. The van der Waals surface area contributed by atoms with E-state index >= 15 is 0 Å². The molecular weight excluding hydrogens is 287 g/mol. The molecule has 110 valence electrons. The number of nitrogens with two attached hydrogens (primary N) is 1. The summed E-state index contributed by atoms with van der Waals surface area (Å²) < 4.78 is 1.72. The van der Waals surface area contributed by atoms with E-state index in [0.29, 0.717) is 12.5 Å². The van der Waals surface area contributed by atoms with E-state index in [1.807, 2.05) is 19.9 Å². The van der Waals surface area contributed by atoms with Crippen LogP contribution in [-0.4, -0.2) is 28.3 Å². The Balaban J connectivity index is 0.00000162. The van der Waals surface area contributed by atoms with Gasteiger partial charge in [-0.15, -0.1) is 24.8 Å². The number of nitrogens with one attached hydrogen (secondary N) is 1. The minimum Gasteiger partial charge on any atom is -0.353 e. The SMILES string of the molecule is Cc1cc(C)n(CC(=O)NCC(N)C2CC2)n1.Cl.Cl. The van der Waals surface area contributed by atoms with Crippen molar-refractivity contribution < 1.29 is 4.79 Å². The molecular formula is C12H22Cl2N4O. The lowest BCUT2D eigenvalue weighted by atomic mass is 10.2. The lowest BCUT2D eigenvalue weighted by Gasteiger charge is -2.11. The highest BCUT2D eigenvalue weighted by Crippen LogP contribution is 2.31. The highest BCUT2D eigenvalue weighted by atomic mass is 35.5. The molecule has 1 aliphatic carbocycles. The number of carbonyl (C=O) groups is 1. The van der Waals surface area contributed by atoms with Crippen molar-refractivity contribution in [3.05, 3.63) is 17.5 Å². The van der Waals surface area contributed by atoms with Gasteiger partial charge in [0.05, 0.1) is 5.69 Å². The molecule has 1 saturated carbocycles.